The standard InChI is InChI=1S/C14H11BrFNO3/c1-8-5-11(6-9(2)14(8)15)20-13-7-10(16)3-4-12(13)17(18)19/h3-7H,1-2H3. The topological polar surface area (TPSA) is 52.4 Å². The maximum Gasteiger partial charge on any atom is 0.311 e. The highest BCUT2D eigenvalue weighted by Crippen LogP contribution is 2.34. The van der Waals surface area contributed by atoms with E-state index in [0.717, 1.165) is 33.8 Å². The number of hydrogen-bond acceptors (Lipinski definition) is 3. The molecular formula is C14H11BrFNO3. The molecule has 0 aliphatic heterocycles. The summed E-state index contributed by atoms with van der Waals surface area (Å²) in [7, 11) is 0. The van der Waals surface area contributed by atoms with Gasteiger partial charge in [-0.05, 0) is 43.2 Å². The van der Waals surface area contributed by atoms with E-state index in [9.17, 15) is 14.5 Å². The van der Waals surface area contributed by atoms with Crippen LogP contribution in [0.5, 0.6) is 11.5 Å². The van der Waals surface area contributed by atoms with Gasteiger partial charge in [-0.15, -0.1) is 0 Å². The summed E-state index contributed by atoms with van der Waals surface area (Å²) in [6.07, 6.45) is 0. The molecule has 4 nitrogen and oxygen atoms in total. The molecular weight excluding hydrogens is 329 g/mol. The number of halogens is 2. The Morgan fingerprint density at radius 3 is 2.35 bits per heavy atom. The van der Waals surface area contributed by atoms with E-state index in [-0.39, 0.29) is 11.4 Å². The van der Waals surface area contributed by atoms with Gasteiger partial charge in [0, 0.05) is 16.6 Å². The van der Waals surface area contributed by atoms with Gasteiger partial charge in [-0.3, -0.25) is 10.1 Å². The zero-order valence-corrected chi connectivity index (χ0v) is 12.4. The molecule has 104 valence electrons. The van der Waals surface area contributed by atoms with Gasteiger partial charge >= 0.3 is 5.69 Å². The molecule has 0 N–H and O–H groups in total. The average molecular weight is 340 g/mol. The van der Waals surface area contributed by atoms with Crippen molar-refractivity contribution in [1.29, 1.82) is 0 Å². The third-order valence-electron chi connectivity index (χ3n) is 2.76. The molecule has 0 fully saturated rings. The molecule has 0 aliphatic rings. The van der Waals surface area contributed by atoms with Crippen LogP contribution in [-0.4, -0.2) is 4.92 Å². The van der Waals surface area contributed by atoms with Gasteiger partial charge in [-0.25, -0.2) is 4.39 Å². The van der Waals surface area contributed by atoms with Crippen LogP contribution in [0, 0.1) is 29.8 Å². The Morgan fingerprint density at radius 2 is 1.80 bits per heavy atom. The molecule has 0 spiro atoms. The molecule has 2 rings (SSSR count). The number of aryl methyl sites for hydroxylation is 2. The minimum Gasteiger partial charge on any atom is -0.450 e. The first-order valence-electron chi connectivity index (χ1n) is 5.77. The number of nitro benzene ring substituents is 1. The molecule has 2 aromatic rings. The van der Waals surface area contributed by atoms with Crippen molar-refractivity contribution >= 4 is 21.6 Å². The number of hydrogen-bond donors (Lipinski definition) is 0. The Kier molecular flexibility index (Phi) is 4.04. The van der Waals surface area contributed by atoms with E-state index in [1.807, 2.05) is 13.8 Å². The SMILES string of the molecule is Cc1cc(Oc2cc(F)ccc2[N+](=O)[O-])cc(C)c1Br. The van der Waals surface area contributed by atoms with E-state index in [1.165, 1.54) is 0 Å². The van der Waals surface area contributed by atoms with Gasteiger partial charge in [-0.1, -0.05) is 15.9 Å². The highest BCUT2D eigenvalue weighted by atomic mass is 79.9. The Bertz CT molecular complexity index is 665. The molecule has 0 radical (unpaired) electrons. The zero-order chi connectivity index (χ0) is 14.9. The fraction of sp³-hybridized carbons (Fsp3) is 0.143. The van der Waals surface area contributed by atoms with Crippen LogP contribution in [0.1, 0.15) is 11.1 Å². The Balaban J connectivity index is 2.44. The largest absolute Gasteiger partial charge is 0.450 e. The predicted octanol–water partition coefficient (Wildman–Crippen LogP) is 4.91. The first kappa shape index (κ1) is 14.5. The fourth-order valence-corrected chi connectivity index (χ4v) is 2.04. The lowest BCUT2D eigenvalue weighted by Gasteiger charge is -2.10. The Hall–Kier alpha value is -1.95. The van der Waals surface area contributed by atoms with Crippen LogP contribution < -0.4 is 4.74 Å². The van der Waals surface area contributed by atoms with Gasteiger partial charge in [0.15, 0.2) is 0 Å². The summed E-state index contributed by atoms with van der Waals surface area (Å²) in [5.41, 5.74) is 1.59. The monoisotopic (exact) mass is 339 g/mol. The maximum atomic E-state index is 13.2. The van der Waals surface area contributed by atoms with Crippen molar-refractivity contribution in [2.45, 2.75) is 13.8 Å². The van der Waals surface area contributed by atoms with Crippen molar-refractivity contribution in [3.05, 3.63) is 61.9 Å². The molecule has 2 aromatic carbocycles. The van der Waals surface area contributed by atoms with Crippen molar-refractivity contribution in [3.63, 3.8) is 0 Å². The number of rotatable bonds is 3. The van der Waals surface area contributed by atoms with Gasteiger partial charge in [0.25, 0.3) is 0 Å². The van der Waals surface area contributed by atoms with Crippen LogP contribution in [0.25, 0.3) is 0 Å². The normalized spacial score (nSPS) is 10.4. The summed E-state index contributed by atoms with van der Waals surface area (Å²) in [4.78, 5) is 10.3. The highest BCUT2D eigenvalue weighted by Gasteiger charge is 2.17. The molecule has 0 bridgehead atoms. The first-order valence-corrected chi connectivity index (χ1v) is 6.56. The van der Waals surface area contributed by atoms with Crippen LogP contribution in [0.15, 0.2) is 34.8 Å². The average Bonchev–Trinajstić information content (AvgIpc) is 2.35. The van der Waals surface area contributed by atoms with E-state index in [4.69, 9.17) is 4.74 Å². The third-order valence-corrected chi connectivity index (χ3v) is 4.01. The van der Waals surface area contributed by atoms with Crippen molar-refractivity contribution < 1.29 is 14.1 Å². The molecule has 0 saturated carbocycles. The number of ether oxygens (including phenoxy) is 1. The minimum atomic E-state index is -0.604. The highest BCUT2D eigenvalue weighted by molar-refractivity contribution is 9.10. The molecule has 0 heterocycles. The van der Waals surface area contributed by atoms with Crippen LogP contribution in [-0.2, 0) is 0 Å². The molecule has 0 atom stereocenters. The fourth-order valence-electron chi connectivity index (χ4n) is 1.81. The quantitative estimate of drug-likeness (QED) is 0.589. The Morgan fingerprint density at radius 1 is 1.20 bits per heavy atom. The van der Waals surface area contributed by atoms with Crippen molar-refractivity contribution in [2.24, 2.45) is 0 Å². The van der Waals surface area contributed by atoms with E-state index in [2.05, 4.69) is 15.9 Å². The van der Waals surface area contributed by atoms with Gasteiger partial charge in [0.05, 0.1) is 4.92 Å². The van der Waals surface area contributed by atoms with E-state index >= 15 is 0 Å². The number of nitro groups is 1. The number of benzene rings is 2. The molecule has 0 unspecified atom stereocenters. The van der Waals surface area contributed by atoms with E-state index in [1.54, 1.807) is 12.1 Å². The summed E-state index contributed by atoms with van der Waals surface area (Å²) in [5.74, 6) is -0.274. The summed E-state index contributed by atoms with van der Waals surface area (Å²) >= 11 is 3.42. The smallest absolute Gasteiger partial charge is 0.311 e. The molecule has 6 heteroatoms. The van der Waals surface area contributed by atoms with E-state index in [0.29, 0.717) is 5.75 Å². The summed E-state index contributed by atoms with van der Waals surface area (Å²) in [6, 6.07) is 6.58. The summed E-state index contributed by atoms with van der Waals surface area (Å²) < 4.78 is 19.6. The second-order valence-electron chi connectivity index (χ2n) is 4.34. The first-order chi connectivity index (χ1) is 9.38. The van der Waals surface area contributed by atoms with Crippen molar-refractivity contribution in [2.75, 3.05) is 0 Å². The van der Waals surface area contributed by atoms with E-state index < -0.39 is 10.7 Å². The second kappa shape index (κ2) is 5.58. The van der Waals surface area contributed by atoms with Gasteiger partial charge in [0.1, 0.15) is 11.6 Å². The third kappa shape index (κ3) is 2.96. The molecule has 0 amide bonds. The van der Waals surface area contributed by atoms with Gasteiger partial charge < -0.3 is 4.74 Å². The van der Waals surface area contributed by atoms with Crippen molar-refractivity contribution in [1.82, 2.24) is 0 Å². The molecule has 0 saturated heterocycles. The molecule has 0 aliphatic carbocycles. The van der Waals surface area contributed by atoms with Crippen LogP contribution in [0.4, 0.5) is 10.1 Å². The predicted molar refractivity (Wildman–Crippen MR) is 76.7 cm³/mol. The summed E-state index contributed by atoms with van der Waals surface area (Å²) in [6.45, 7) is 3.76. The molecule has 20 heavy (non-hydrogen) atoms. The second-order valence-corrected chi connectivity index (χ2v) is 5.14. The number of nitrogens with zero attached hydrogens (tertiary/aromatic N) is 1. The molecule has 0 aromatic heterocycles. The lowest BCUT2D eigenvalue weighted by atomic mass is 10.1. The van der Waals surface area contributed by atoms with Gasteiger partial charge in [-0.2, -0.15) is 0 Å². The maximum absolute atomic E-state index is 13.2. The lowest BCUT2D eigenvalue weighted by Crippen LogP contribution is -1.95. The van der Waals surface area contributed by atoms with Crippen LogP contribution in [0.2, 0.25) is 0 Å². The zero-order valence-electron chi connectivity index (χ0n) is 10.8. The summed E-state index contributed by atoms with van der Waals surface area (Å²) in [5, 5.41) is 10.9. The lowest BCUT2D eigenvalue weighted by molar-refractivity contribution is -0.385. The van der Waals surface area contributed by atoms with Crippen LogP contribution in [0.3, 0.4) is 0 Å². The van der Waals surface area contributed by atoms with Gasteiger partial charge in [0.2, 0.25) is 5.75 Å². The minimum absolute atomic E-state index is 0.115. The van der Waals surface area contributed by atoms with Crippen LogP contribution >= 0.6 is 15.9 Å². The van der Waals surface area contributed by atoms with Crippen molar-refractivity contribution in [3.8, 4) is 11.5 Å². The Labute approximate surface area is 123 Å².